The van der Waals surface area contributed by atoms with Gasteiger partial charge in [0.2, 0.25) is 0 Å². The van der Waals surface area contributed by atoms with E-state index in [1.54, 1.807) is 14.2 Å². The lowest BCUT2D eigenvalue weighted by molar-refractivity contribution is 0.0135. The van der Waals surface area contributed by atoms with Crippen molar-refractivity contribution in [1.82, 2.24) is 0 Å². The van der Waals surface area contributed by atoms with Crippen molar-refractivity contribution >= 4 is 10.8 Å². The second-order valence-electron chi connectivity index (χ2n) is 8.17. The van der Waals surface area contributed by atoms with Crippen molar-refractivity contribution in [2.45, 2.75) is 24.5 Å². The molecule has 0 heterocycles. The number of para-hydroxylation sites is 1. The van der Waals surface area contributed by atoms with Gasteiger partial charge in [-0.15, -0.1) is 0 Å². The van der Waals surface area contributed by atoms with Gasteiger partial charge < -0.3 is 20.3 Å². The summed E-state index contributed by atoms with van der Waals surface area (Å²) in [6.07, 6.45) is 0.714. The lowest BCUT2D eigenvalue weighted by Gasteiger charge is -2.36. The van der Waals surface area contributed by atoms with Gasteiger partial charge in [0.15, 0.2) is 0 Å². The first-order chi connectivity index (χ1) is 15.5. The van der Waals surface area contributed by atoms with Crippen LogP contribution in [0.3, 0.4) is 0 Å². The minimum atomic E-state index is -1.26. The van der Waals surface area contributed by atoms with Gasteiger partial charge in [-0.2, -0.15) is 0 Å². The molecular formula is C28H29NO3. The third kappa shape index (κ3) is 4.47. The van der Waals surface area contributed by atoms with Gasteiger partial charge in [0.05, 0.1) is 25.9 Å². The molecule has 0 saturated heterocycles. The van der Waals surface area contributed by atoms with E-state index >= 15 is 0 Å². The van der Waals surface area contributed by atoms with E-state index in [0.717, 1.165) is 39.0 Å². The maximum absolute atomic E-state index is 12.2. The standard InChI is InChI=1S/C28H29NO3/c1-31-23-13-7-9-20(17-23)18-28(30,19-22-11-4-6-16-26(22)32-2)27(29)25-15-8-12-21-10-3-5-14-24(21)25/h3-17,27,30H,18-19,29H2,1-2H3/t27-,28?/m1/s1. The molecule has 0 aliphatic carbocycles. The second-order valence-corrected chi connectivity index (χ2v) is 8.17. The lowest BCUT2D eigenvalue weighted by atomic mass is 9.78. The van der Waals surface area contributed by atoms with Crippen LogP contribution in [-0.4, -0.2) is 24.9 Å². The minimum absolute atomic E-state index is 0.346. The zero-order chi connectivity index (χ0) is 22.6. The Bertz CT molecular complexity index is 1200. The Hall–Kier alpha value is -3.34. The smallest absolute Gasteiger partial charge is 0.122 e. The average molecular weight is 428 g/mol. The Morgan fingerprint density at radius 3 is 2.34 bits per heavy atom. The van der Waals surface area contributed by atoms with Crippen molar-refractivity contribution in [2.75, 3.05) is 14.2 Å². The van der Waals surface area contributed by atoms with E-state index < -0.39 is 11.6 Å². The number of ether oxygens (including phenoxy) is 2. The molecule has 0 fully saturated rings. The predicted octanol–water partition coefficient (Wildman–Crippen LogP) is 5.07. The fraction of sp³-hybridized carbons (Fsp3) is 0.214. The average Bonchev–Trinajstić information content (AvgIpc) is 2.83. The SMILES string of the molecule is COc1cccc(CC(O)(Cc2ccccc2OC)[C@H](N)c2cccc3ccccc23)c1. The molecule has 4 rings (SSSR count). The fourth-order valence-electron chi connectivity index (χ4n) is 4.41. The maximum atomic E-state index is 12.2. The Balaban J connectivity index is 1.80. The van der Waals surface area contributed by atoms with E-state index in [9.17, 15) is 5.11 Å². The highest BCUT2D eigenvalue weighted by Gasteiger charge is 2.37. The summed E-state index contributed by atoms with van der Waals surface area (Å²) in [5.74, 6) is 1.49. The van der Waals surface area contributed by atoms with Gasteiger partial charge in [-0.05, 0) is 45.7 Å². The van der Waals surface area contributed by atoms with Crippen LogP contribution >= 0.6 is 0 Å². The van der Waals surface area contributed by atoms with Crippen molar-refractivity contribution < 1.29 is 14.6 Å². The zero-order valence-electron chi connectivity index (χ0n) is 18.5. The highest BCUT2D eigenvalue weighted by Crippen LogP contribution is 2.36. The Morgan fingerprint density at radius 1 is 0.812 bits per heavy atom. The quantitative estimate of drug-likeness (QED) is 0.412. The highest BCUT2D eigenvalue weighted by molar-refractivity contribution is 5.86. The van der Waals surface area contributed by atoms with E-state index in [0.29, 0.717) is 12.8 Å². The third-order valence-electron chi connectivity index (χ3n) is 6.07. The zero-order valence-corrected chi connectivity index (χ0v) is 18.5. The van der Waals surface area contributed by atoms with Gasteiger partial charge in [-0.25, -0.2) is 0 Å². The summed E-state index contributed by atoms with van der Waals surface area (Å²) in [4.78, 5) is 0. The molecule has 0 aliphatic heterocycles. The first-order valence-corrected chi connectivity index (χ1v) is 10.7. The van der Waals surface area contributed by atoms with E-state index in [1.165, 1.54) is 0 Å². The highest BCUT2D eigenvalue weighted by atomic mass is 16.5. The predicted molar refractivity (Wildman–Crippen MR) is 129 cm³/mol. The summed E-state index contributed by atoms with van der Waals surface area (Å²) in [6.45, 7) is 0. The largest absolute Gasteiger partial charge is 0.497 e. The molecule has 0 bridgehead atoms. The van der Waals surface area contributed by atoms with Crippen LogP contribution in [0.15, 0.2) is 91.0 Å². The Morgan fingerprint density at radius 2 is 1.53 bits per heavy atom. The number of hydrogen-bond acceptors (Lipinski definition) is 4. The summed E-state index contributed by atoms with van der Waals surface area (Å²) < 4.78 is 11.0. The molecule has 4 heteroatoms. The van der Waals surface area contributed by atoms with Gasteiger partial charge >= 0.3 is 0 Å². The van der Waals surface area contributed by atoms with Crippen LogP contribution in [-0.2, 0) is 12.8 Å². The number of aliphatic hydroxyl groups is 1. The van der Waals surface area contributed by atoms with Gasteiger partial charge in [0.1, 0.15) is 11.5 Å². The molecule has 0 radical (unpaired) electrons. The van der Waals surface area contributed by atoms with E-state index in [4.69, 9.17) is 15.2 Å². The van der Waals surface area contributed by atoms with Gasteiger partial charge in [-0.1, -0.05) is 72.8 Å². The molecule has 4 nitrogen and oxygen atoms in total. The monoisotopic (exact) mass is 427 g/mol. The van der Waals surface area contributed by atoms with Crippen molar-refractivity contribution in [3.63, 3.8) is 0 Å². The molecule has 3 N–H and O–H groups in total. The first-order valence-electron chi connectivity index (χ1n) is 10.7. The molecule has 4 aromatic carbocycles. The normalized spacial score (nSPS) is 14.0. The van der Waals surface area contributed by atoms with Crippen molar-refractivity contribution in [1.29, 1.82) is 0 Å². The summed E-state index contributed by atoms with van der Waals surface area (Å²) in [5.41, 5.74) is 8.41. The first kappa shape index (κ1) is 21.9. The molecule has 0 aromatic heterocycles. The Kier molecular flexibility index (Phi) is 6.45. The van der Waals surface area contributed by atoms with Crippen molar-refractivity contribution in [2.24, 2.45) is 5.73 Å². The van der Waals surface area contributed by atoms with Crippen LogP contribution in [0.1, 0.15) is 22.7 Å². The van der Waals surface area contributed by atoms with Crippen LogP contribution < -0.4 is 15.2 Å². The number of fused-ring (bicyclic) bond motifs is 1. The lowest BCUT2D eigenvalue weighted by Crippen LogP contribution is -2.45. The number of nitrogens with two attached hydrogens (primary N) is 1. The second kappa shape index (κ2) is 9.43. The van der Waals surface area contributed by atoms with Crippen LogP contribution in [0.4, 0.5) is 0 Å². The van der Waals surface area contributed by atoms with Crippen molar-refractivity contribution in [3.8, 4) is 11.5 Å². The number of rotatable bonds is 8. The molecular weight excluding hydrogens is 398 g/mol. The number of hydrogen-bond donors (Lipinski definition) is 2. The van der Waals surface area contributed by atoms with Gasteiger partial charge in [0, 0.05) is 12.8 Å². The van der Waals surface area contributed by atoms with Crippen LogP contribution in [0.25, 0.3) is 10.8 Å². The van der Waals surface area contributed by atoms with Crippen molar-refractivity contribution in [3.05, 3.63) is 108 Å². The van der Waals surface area contributed by atoms with E-state index in [1.807, 2.05) is 72.8 Å². The van der Waals surface area contributed by atoms with Crippen LogP contribution in [0, 0.1) is 0 Å². The van der Waals surface area contributed by atoms with E-state index in [-0.39, 0.29) is 0 Å². The van der Waals surface area contributed by atoms with Gasteiger partial charge in [0.25, 0.3) is 0 Å². The molecule has 0 aliphatic rings. The minimum Gasteiger partial charge on any atom is -0.497 e. The summed E-state index contributed by atoms with van der Waals surface area (Å²) in [5, 5.41) is 14.3. The molecule has 32 heavy (non-hydrogen) atoms. The molecule has 0 saturated carbocycles. The molecule has 0 spiro atoms. The molecule has 164 valence electrons. The van der Waals surface area contributed by atoms with Crippen LogP contribution in [0.5, 0.6) is 11.5 Å². The number of benzene rings is 4. The molecule has 4 aromatic rings. The van der Waals surface area contributed by atoms with E-state index in [2.05, 4.69) is 18.2 Å². The summed E-state index contributed by atoms with van der Waals surface area (Å²) in [6, 6.07) is 29.1. The van der Waals surface area contributed by atoms with Crippen LogP contribution in [0.2, 0.25) is 0 Å². The molecule has 2 atom stereocenters. The number of methoxy groups -OCH3 is 2. The third-order valence-corrected chi connectivity index (χ3v) is 6.07. The summed E-state index contributed by atoms with van der Waals surface area (Å²) >= 11 is 0. The van der Waals surface area contributed by atoms with Gasteiger partial charge in [-0.3, -0.25) is 0 Å². The maximum Gasteiger partial charge on any atom is 0.122 e. The summed E-state index contributed by atoms with van der Waals surface area (Å²) in [7, 11) is 3.28. The fourth-order valence-corrected chi connectivity index (χ4v) is 4.41. The molecule has 0 amide bonds. The topological polar surface area (TPSA) is 64.7 Å². The Labute approximate surface area is 189 Å². The molecule has 1 unspecified atom stereocenters.